The van der Waals surface area contributed by atoms with E-state index in [2.05, 4.69) is 46.9 Å². The van der Waals surface area contributed by atoms with E-state index >= 15 is 0 Å². The number of hydrogen-bond donors (Lipinski definition) is 1. The van der Waals surface area contributed by atoms with Crippen molar-refractivity contribution >= 4 is 10.9 Å². The fourth-order valence-electron chi connectivity index (χ4n) is 2.14. The van der Waals surface area contributed by atoms with Crippen molar-refractivity contribution in [3.8, 4) is 0 Å². The van der Waals surface area contributed by atoms with Crippen molar-refractivity contribution in [2.75, 3.05) is 20.3 Å². The van der Waals surface area contributed by atoms with Crippen molar-refractivity contribution < 1.29 is 4.74 Å². The first-order valence-electron chi connectivity index (χ1n) is 6.24. The van der Waals surface area contributed by atoms with E-state index in [0.29, 0.717) is 0 Å². The van der Waals surface area contributed by atoms with Crippen LogP contribution in [0.2, 0.25) is 0 Å². The normalized spacial score (nSPS) is 10.9. The molecule has 0 saturated carbocycles. The van der Waals surface area contributed by atoms with E-state index in [1.54, 1.807) is 7.11 Å². The number of methoxy groups -OCH3 is 1. The summed E-state index contributed by atoms with van der Waals surface area (Å²) < 4.78 is 7.23. The van der Waals surface area contributed by atoms with Crippen LogP contribution in [0.3, 0.4) is 0 Å². The minimum absolute atomic E-state index is 0.744. The highest BCUT2D eigenvalue weighted by atomic mass is 16.5. The van der Waals surface area contributed by atoms with Gasteiger partial charge < -0.3 is 14.6 Å². The summed E-state index contributed by atoms with van der Waals surface area (Å²) in [7, 11) is 1.72. The number of nitrogens with zero attached hydrogens (tertiary/aromatic N) is 1. The number of allylic oxidation sites excluding steroid dienone is 1. The van der Waals surface area contributed by atoms with Crippen LogP contribution in [0.1, 0.15) is 5.56 Å². The fourth-order valence-corrected chi connectivity index (χ4v) is 2.14. The van der Waals surface area contributed by atoms with E-state index in [1.807, 2.05) is 6.08 Å². The first kappa shape index (κ1) is 12.9. The lowest BCUT2D eigenvalue weighted by Crippen LogP contribution is -2.18. The third kappa shape index (κ3) is 2.81. The van der Waals surface area contributed by atoms with Gasteiger partial charge in [0.05, 0.1) is 6.61 Å². The highest BCUT2D eigenvalue weighted by molar-refractivity contribution is 5.83. The standard InChI is InChI=1S/C15H20N2O/c1-3-9-17-10-7-14-13(5-4-6-15(14)17)12-16-8-11-18-2/h3-7,10,16H,1,8-9,11-12H2,2H3. The Hall–Kier alpha value is -1.58. The lowest BCUT2D eigenvalue weighted by atomic mass is 10.1. The molecule has 0 aliphatic rings. The molecule has 0 amide bonds. The van der Waals surface area contributed by atoms with Gasteiger partial charge in [0.15, 0.2) is 0 Å². The molecule has 3 heteroatoms. The van der Waals surface area contributed by atoms with Gasteiger partial charge in [-0.25, -0.2) is 0 Å². The topological polar surface area (TPSA) is 26.2 Å². The Morgan fingerprint density at radius 3 is 3.06 bits per heavy atom. The van der Waals surface area contributed by atoms with Crippen molar-refractivity contribution in [2.45, 2.75) is 13.1 Å². The van der Waals surface area contributed by atoms with Gasteiger partial charge in [-0.05, 0) is 17.7 Å². The first-order chi connectivity index (χ1) is 8.86. The second-order valence-corrected chi connectivity index (χ2v) is 4.28. The molecule has 3 nitrogen and oxygen atoms in total. The third-order valence-electron chi connectivity index (χ3n) is 3.03. The van der Waals surface area contributed by atoms with E-state index < -0.39 is 0 Å². The predicted octanol–water partition coefficient (Wildman–Crippen LogP) is 2.56. The number of hydrogen-bond acceptors (Lipinski definition) is 2. The number of rotatable bonds is 7. The van der Waals surface area contributed by atoms with Crippen LogP contribution < -0.4 is 5.32 Å². The Balaban J connectivity index is 2.15. The largest absolute Gasteiger partial charge is 0.383 e. The minimum atomic E-state index is 0.744. The molecule has 18 heavy (non-hydrogen) atoms. The highest BCUT2D eigenvalue weighted by Crippen LogP contribution is 2.20. The van der Waals surface area contributed by atoms with Crippen molar-refractivity contribution in [1.29, 1.82) is 0 Å². The summed E-state index contributed by atoms with van der Waals surface area (Å²) in [6.07, 6.45) is 4.04. The molecule has 1 heterocycles. The lowest BCUT2D eigenvalue weighted by Gasteiger charge is -2.07. The summed E-state index contributed by atoms with van der Waals surface area (Å²) in [5.74, 6) is 0. The number of benzene rings is 1. The van der Waals surface area contributed by atoms with Crippen molar-refractivity contribution in [3.63, 3.8) is 0 Å². The van der Waals surface area contributed by atoms with Crippen LogP contribution >= 0.6 is 0 Å². The Bertz CT molecular complexity index is 516. The summed E-state index contributed by atoms with van der Waals surface area (Å²) in [5, 5.41) is 4.69. The van der Waals surface area contributed by atoms with Gasteiger partial charge in [-0.3, -0.25) is 0 Å². The minimum Gasteiger partial charge on any atom is -0.383 e. The Morgan fingerprint density at radius 2 is 2.28 bits per heavy atom. The van der Waals surface area contributed by atoms with E-state index in [4.69, 9.17) is 4.74 Å². The molecule has 0 bridgehead atoms. The van der Waals surface area contributed by atoms with Crippen LogP contribution in [-0.2, 0) is 17.8 Å². The molecule has 0 saturated heterocycles. The van der Waals surface area contributed by atoms with Gasteiger partial charge in [-0.15, -0.1) is 6.58 Å². The SMILES string of the molecule is C=CCn1ccc2c(CNCCOC)cccc21. The molecule has 2 rings (SSSR count). The summed E-state index contributed by atoms with van der Waals surface area (Å²) in [6.45, 7) is 7.13. The predicted molar refractivity (Wildman–Crippen MR) is 75.7 cm³/mol. The van der Waals surface area contributed by atoms with Gasteiger partial charge in [0.1, 0.15) is 0 Å². The summed E-state index contributed by atoms with van der Waals surface area (Å²) >= 11 is 0. The molecule has 0 aliphatic heterocycles. The molecule has 1 aromatic heterocycles. The van der Waals surface area contributed by atoms with Gasteiger partial charge >= 0.3 is 0 Å². The fraction of sp³-hybridized carbons (Fsp3) is 0.333. The van der Waals surface area contributed by atoms with Crippen molar-refractivity contribution in [1.82, 2.24) is 9.88 Å². The van der Waals surface area contributed by atoms with Crippen molar-refractivity contribution in [2.24, 2.45) is 0 Å². The van der Waals surface area contributed by atoms with Crippen LogP contribution in [0.15, 0.2) is 43.1 Å². The quantitative estimate of drug-likeness (QED) is 0.598. The molecule has 0 aliphatic carbocycles. The smallest absolute Gasteiger partial charge is 0.0587 e. The second kappa shape index (κ2) is 6.38. The van der Waals surface area contributed by atoms with Gasteiger partial charge in [0, 0.05) is 43.8 Å². The van der Waals surface area contributed by atoms with Crippen molar-refractivity contribution in [3.05, 3.63) is 48.7 Å². The molecule has 2 aromatic rings. The number of ether oxygens (including phenoxy) is 1. The van der Waals surface area contributed by atoms with Gasteiger partial charge in [0.2, 0.25) is 0 Å². The zero-order valence-electron chi connectivity index (χ0n) is 10.9. The van der Waals surface area contributed by atoms with Crippen LogP contribution in [0, 0.1) is 0 Å². The van der Waals surface area contributed by atoms with E-state index in [1.165, 1.54) is 16.5 Å². The van der Waals surface area contributed by atoms with Crippen LogP contribution in [0.4, 0.5) is 0 Å². The maximum atomic E-state index is 5.03. The lowest BCUT2D eigenvalue weighted by molar-refractivity contribution is 0.199. The zero-order chi connectivity index (χ0) is 12.8. The third-order valence-corrected chi connectivity index (χ3v) is 3.03. The maximum absolute atomic E-state index is 5.03. The highest BCUT2D eigenvalue weighted by Gasteiger charge is 2.04. The Morgan fingerprint density at radius 1 is 1.39 bits per heavy atom. The molecule has 1 aromatic carbocycles. The first-order valence-corrected chi connectivity index (χ1v) is 6.24. The average Bonchev–Trinajstić information content (AvgIpc) is 2.79. The maximum Gasteiger partial charge on any atom is 0.0587 e. The summed E-state index contributed by atoms with van der Waals surface area (Å²) in [6, 6.07) is 8.60. The molecule has 0 radical (unpaired) electrons. The molecule has 0 atom stereocenters. The van der Waals surface area contributed by atoms with E-state index in [0.717, 1.165) is 26.2 Å². The summed E-state index contributed by atoms with van der Waals surface area (Å²) in [5.41, 5.74) is 2.59. The van der Waals surface area contributed by atoms with E-state index in [-0.39, 0.29) is 0 Å². The van der Waals surface area contributed by atoms with Crippen LogP contribution in [0.25, 0.3) is 10.9 Å². The molecule has 96 valence electrons. The number of fused-ring (bicyclic) bond motifs is 1. The summed E-state index contributed by atoms with van der Waals surface area (Å²) in [4.78, 5) is 0. The van der Waals surface area contributed by atoms with Crippen LogP contribution in [-0.4, -0.2) is 24.8 Å². The monoisotopic (exact) mass is 244 g/mol. The molecule has 1 N–H and O–H groups in total. The van der Waals surface area contributed by atoms with Gasteiger partial charge in [0.25, 0.3) is 0 Å². The molecular weight excluding hydrogens is 224 g/mol. The van der Waals surface area contributed by atoms with Gasteiger partial charge in [-0.2, -0.15) is 0 Å². The Labute approximate surface area is 108 Å². The molecule has 0 unspecified atom stereocenters. The molecule has 0 fully saturated rings. The Kier molecular flexibility index (Phi) is 4.56. The van der Waals surface area contributed by atoms with Gasteiger partial charge in [-0.1, -0.05) is 18.2 Å². The molecular formula is C15H20N2O. The number of aromatic nitrogens is 1. The zero-order valence-corrected chi connectivity index (χ0v) is 10.9. The van der Waals surface area contributed by atoms with E-state index in [9.17, 15) is 0 Å². The average molecular weight is 244 g/mol. The molecule has 0 spiro atoms. The van der Waals surface area contributed by atoms with Crippen LogP contribution in [0.5, 0.6) is 0 Å². The number of nitrogens with one attached hydrogen (secondary N) is 1. The second-order valence-electron chi connectivity index (χ2n) is 4.28.